The highest BCUT2D eigenvalue weighted by Gasteiger charge is 2.39. The molecule has 29 heavy (non-hydrogen) atoms. The summed E-state index contributed by atoms with van der Waals surface area (Å²) in [5, 5.41) is 2.81. The van der Waals surface area contributed by atoms with Crippen LogP contribution < -0.4 is 10.9 Å². The summed E-state index contributed by atoms with van der Waals surface area (Å²) in [6, 6.07) is 6.13. The van der Waals surface area contributed by atoms with Gasteiger partial charge in [-0.25, -0.2) is 4.39 Å². The van der Waals surface area contributed by atoms with Crippen molar-refractivity contribution in [3.63, 3.8) is 0 Å². The van der Waals surface area contributed by atoms with Gasteiger partial charge in [0.2, 0.25) is 0 Å². The average Bonchev–Trinajstić information content (AvgIpc) is 3.42. The van der Waals surface area contributed by atoms with Gasteiger partial charge in [-0.3, -0.25) is 14.4 Å². The van der Waals surface area contributed by atoms with E-state index in [-0.39, 0.29) is 35.6 Å². The van der Waals surface area contributed by atoms with Crippen LogP contribution in [0.5, 0.6) is 0 Å². The first-order valence-corrected chi connectivity index (χ1v) is 9.46. The number of amides is 2. The number of hydrogen-bond acceptors (Lipinski definition) is 4. The van der Waals surface area contributed by atoms with Crippen LogP contribution in [0.25, 0.3) is 0 Å². The van der Waals surface area contributed by atoms with Crippen molar-refractivity contribution in [1.82, 2.24) is 15.2 Å². The molecule has 2 atom stereocenters. The van der Waals surface area contributed by atoms with Gasteiger partial charge in [-0.05, 0) is 31.9 Å². The van der Waals surface area contributed by atoms with E-state index in [2.05, 4.69) is 10.3 Å². The lowest BCUT2D eigenvalue weighted by Gasteiger charge is -2.18. The maximum Gasteiger partial charge on any atom is 0.260 e. The van der Waals surface area contributed by atoms with E-state index in [1.54, 1.807) is 25.1 Å². The van der Waals surface area contributed by atoms with Gasteiger partial charge in [0.1, 0.15) is 11.4 Å². The van der Waals surface area contributed by atoms with Gasteiger partial charge in [-0.15, -0.1) is 0 Å². The molecule has 1 fully saturated rings. The number of aromatic amines is 1. The van der Waals surface area contributed by atoms with Gasteiger partial charge in [0, 0.05) is 32.0 Å². The molecule has 1 aromatic heterocycles. The molecule has 1 heterocycles. The van der Waals surface area contributed by atoms with Crippen molar-refractivity contribution < 1.29 is 18.7 Å². The molecule has 2 unspecified atom stereocenters. The number of hydrogen-bond donors (Lipinski definition) is 2. The van der Waals surface area contributed by atoms with Gasteiger partial charge >= 0.3 is 0 Å². The minimum atomic E-state index is -0.610. The van der Waals surface area contributed by atoms with E-state index in [1.165, 1.54) is 24.2 Å². The molecule has 7 nitrogen and oxygen atoms in total. The lowest BCUT2D eigenvalue weighted by molar-refractivity contribution is 0.0782. The number of aromatic nitrogens is 1. The first-order chi connectivity index (χ1) is 13.8. The molecule has 0 spiro atoms. The van der Waals surface area contributed by atoms with Crippen LogP contribution in [0.3, 0.4) is 0 Å². The minimum Gasteiger partial charge on any atom is -0.376 e. The Bertz CT molecular complexity index is 988. The number of aryl methyl sites for hydroxylation is 1. The summed E-state index contributed by atoms with van der Waals surface area (Å²) >= 11 is 0. The molecular formula is C21H24FN3O4. The van der Waals surface area contributed by atoms with Crippen LogP contribution in [-0.2, 0) is 11.3 Å². The molecule has 0 radical (unpaired) electrons. The Kier molecular flexibility index (Phi) is 6.12. The van der Waals surface area contributed by atoms with E-state index in [1.807, 2.05) is 6.92 Å². The zero-order valence-corrected chi connectivity index (χ0v) is 16.6. The SMILES string of the molecule is CCOC1CC1NC(=O)c1c[nH]c(=O)c(C(=O)N(C)Cc2cccc(C)c2F)c1. The third-order valence-corrected chi connectivity index (χ3v) is 4.85. The molecule has 1 saturated carbocycles. The zero-order chi connectivity index (χ0) is 21.1. The van der Waals surface area contributed by atoms with Crippen molar-refractivity contribution in [2.24, 2.45) is 0 Å². The lowest BCUT2D eigenvalue weighted by Crippen LogP contribution is -2.33. The number of nitrogens with zero attached hydrogens (tertiary/aromatic N) is 1. The molecule has 1 aliphatic rings. The van der Waals surface area contributed by atoms with E-state index in [9.17, 15) is 18.8 Å². The van der Waals surface area contributed by atoms with Crippen LogP contribution >= 0.6 is 0 Å². The van der Waals surface area contributed by atoms with E-state index in [0.717, 1.165) is 6.42 Å². The number of pyridine rings is 1. The van der Waals surface area contributed by atoms with Gasteiger partial charge in [0.15, 0.2) is 0 Å². The smallest absolute Gasteiger partial charge is 0.260 e. The summed E-state index contributed by atoms with van der Waals surface area (Å²) < 4.78 is 19.6. The largest absolute Gasteiger partial charge is 0.376 e. The molecule has 0 bridgehead atoms. The third-order valence-electron chi connectivity index (χ3n) is 4.85. The molecule has 8 heteroatoms. The van der Waals surface area contributed by atoms with Gasteiger partial charge < -0.3 is 19.9 Å². The molecular weight excluding hydrogens is 377 g/mol. The Morgan fingerprint density at radius 3 is 2.86 bits per heavy atom. The molecule has 154 valence electrons. The number of nitrogens with one attached hydrogen (secondary N) is 2. The number of rotatable bonds is 7. The predicted octanol–water partition coefficient (Wildman–Crippen LogP) is 2.00. The number of ether oxygens (including phenoxy) is 1. The quantitative estimate of drug-likeness (QED) is 0.742. The van der Waals surface area contributed by atoms with E-state index < -0.39 is 17.4 Å². The second kappa shape index (κ2) is 8.57. The second-order valence-corrected chi connectivity index (χ2v) is 7.15. The van der Waals surface area contributed by atoms with Crippen molar-refractivity contribution in [3.8, 4) is 0 Å². The molecule has 0 aliphatic heterocycles. The molecule has 1 aromatic carbocycles. The van der Waals surface area contributed by atoms with Crippen LogP contribution in [0.1, 0.15) is 45.2 Å². The first-order valence-electron chi connectivity index (χ1n) is 9.46. The number of halogens is 1. The van der Waals surface area contributed by atoms with Gasteiger partial charge in [0.05, 0.1) is 17.7 Å². The molecule has 1 aliphatic carbocycles. The zero-order valence-electron chi connectivity index (χ0n) is 16.6. The van der Waals surface area contributed by atoms with Crippen molar-refractivity contribution >= 4 is 11.8 Å². The average molecular weight is 401 g/mol. The Morgan fingerprint density at radius 1 is 1.38 bits per heavy atom. The topological polar surface area (TPSA) is 91.5 Å². The standard InChI is InChI=1S/C21H24FN3O4/c1-4-29-17-9-16(17)24-19(26)14-8-15(20(27)23-10-14)21(28)25(3)11-13-7-5-6-12(2)18(13)22/h5-8,10,16-17H,4,9,11H2,1-3H3,(H,23,27)(H,24,26). The van der Waals surface area contributed by atoms with Gasteiger partial charge in [0.25, 0.3) is 17.4 Å². The summed E-state index contributed by atoms with van der Waals surface area (Å²) in [6.07, 6.45) is 2.01. The number of carbonyl (C=O) groups excluding carboxylic acids is 2. The molecule has 3 rings (SSSR count). The van der Waals surface area contributed by atoms with E-state index in [4.69, 9.17) is 4.74 Å². The molecule has 2 N–H and O–H groups in total. The highest BCUT2D eigenvalue weighted by molar-refractivity contribution is 5.99. The summed E-state index contributed by atoms with van der Waals surface area (Å²) in [4.78, 5) is 41.0. The number of H-pyrrole nitrogens is 1. The van der Waals surface area contributed by atoms with E-state index in [0.29, 0.717) is 17.7 Å². The summed E-state index contributed by atoms with van der Waals surface area (Å²) in [5.74, 6) is -1.38. The highest BCUT2D eigenvalue weighted by atomic mass is 19.1. The summed E-state index contributed by atoms with van der Waals surface area (Å²) in [5.41, 5.74) is 0.213. The van der Waals surface area contributed by atoms with Crippen LogP contribution in [0, 0.1) is 12.7 Å². The van der Waals surface area contributed by atoms with Crippen LogP contribution in [0.2, 0.25) is 0 Å². The Labute approximate surface area is 167 Å². The number of carbonyl (C=O) groups is 2. The number of benzene rings is 1. The Hall–Kier alpha value is -3.00. The maximum atomic E-state index is 14.2. The predicted molar refractivity (Wildman–Crippen MR) is 105 cm³/mol. The lowest BCUT2D eigenvalue weighted by atomic mass is 10.1. The van der Waals surface area contributed by atoms with Crippen LogP contribution in [-0.4, -0.2) is 47.5 Å². The van der Waals surface area contributed by atoms with Gasteiger partial charge in [-0.2, -0.15) is 0 Å². The van der Waals surface area contributed by atoms with Crippen molar-refractivity contribution in [2.75, 3.05) is 13.7 Å². The van der Waals surface area contributed by atoms with Crippen LogP contribution in [0.4, 0.5) is 4.39 Å². The normalized spacial score (nSPS) is 17.7. The monoisotopic (exact) mass is 401 g/mol. The van der Waals surface area contributed by atoms with Crippen LogP contribution in [0.15, 0.2) is 35.3 Å². The van der Waals surface area contributed by atoms with E-state index >= 15 is 0 Å². The first kappa shape index (κ1) is 20.7. The maximum absolute atomic E-state index is 14.2. The summed E-state index contributed by atoms with van der Waals surface area (Å²) in [7, 11) is 1.48. The fourth-order valence-electron chi connectivity index (χ4n) is 3.11. The molecule has 2 amide bonds. The Morgan fingerprint density at radius 2 is 2.14 bits per heavy atom. The Balaban J connectivity index is 1.73. The second-order valence-electron chi connectivity index (χ2n) is 7.15. The van der Waals surface area contributed by atoms with Crippen molar-refractivity contribution in [1.29, 1.82) is 0 Å². The molecule has 2 aromatic rings. The van der Waals surface area contributed by atoms with Crippen molar-refractivity contribution in [3.05, 3.63) is 68.9 Å². The highest BCUT2D eigenvalue weighted by Crippen LogP contribution is 2.25. The minimum absolute atomic E-state index is 0.000319. The summed E-state index contributed by atoms with van der Waals surface area (Å²) in [6.45, 7) is 4.10. The fraction of sp³-hybridized carbons (Fsp3) is 0.381. The van der Waals surface area contributed by atoms with Gasteiger partial charge in [-0.1, -0.05) is 18.2 Å². The third kappa shape index (κ3) is 4.71. The van der Waals surface area contributed by atoms with Crippen molar-refractivity contribution in [2.45, 2.75) is 39.0 Å². The molecule has 0 saturated heterocycles. The fourth-order valence-corrected chi connectivity index (χ4v) is 3.11.